The van der Waals surface area contributed by atoms with E-state index in [2.05, 4.69) is 53.2 Å². The van der Waals surface area contributed by atoms with Gasteiger partial charge < -0.3 is 20.1 Å². The van der Waals surface area contributed by atoms with Crippen LogP contribution in [-0.4, -0.2) is 63.4 Å². The molecule has 1 saturated heterocycles. The SMILES string of the molecule is CCN(CC)c1ccc(-c2nnc(SCC(=O)N3CCC[C@@H](C(N)=O)C3)n2C)cc1. The smallest absolute Gasteiger partial charge is 0.233 e. The fourth-order valence-corrected chi connectivity index (χ4v) is 4.57. The number of primary amides is 1. The van der Waals surface area contributed by atoms with Gasteiger partial charge in [0.2, 0.25) is 11.8 Å². The number of nitrogens with zero attached hydrogens (tertiary/aromatic N) is 5. The number of rotatable bonds is 8. The fourth-order valence-electron chi connectivity index (χ4n) is 3.76. The highest BCUT2D eigenvalue weighted by molar-refractivity contribution is 7.99. The zero-order valence-electron chi connectivity index (χ0n) is 17.9. The predicted molar refractivity (Wildman–Crippen MR) is 119 cm³/mol. The molecule has 1 atom stereocenters. The van der Waals surface area contributed by atoms with Gasteiger partial charge in [0.1, 0.15) is 0 Å². The number of carbonyl (C=O) groups excluding carboxylic acids is 2. The van der Waals surface area contributed by atoms with Crippen molar-refractivity contribution < 1.29 is 9.59 Å². The van der Waals surface area contributed by atoms with Crippen molar-refractivity contribution in [1.82, 2.24) is 19.7 Å². The Kier molecular flexibility index (Phi) is 7.36. The second-order valence-corrected chi connectivity index (χ2v) is 8.40. The van der Waals surface area contributed by atoms with Crippen LogP contribution in [0.2, 0.25) is 0 Å². The highest BCUT2D eigenvalue weighted by atomic mass is 32.2. The first-order valence-corrected chi connectivity index (χ1v) is 11.4. The third-order valence-electron chi connectivity index (χ3n) is 5.59. The number of likely N-dealkylation sites (tertiary alicyclic amines) is 1. The van der Waals surface area contributed by atoms with E-state index in [1.807, 2.05) is 11.6 Å². The van der Waals surface area contributed by atoms with Gasteiger partial charge in [-0.15, -0.1) is 10.2 Å². The first kappa shape index (κ1) is 22.1. The van der Waals surface area contributed by atoms with Gasteiger partial charge >= 0.3 is 0 Å². The topological polar surface area (TPSA) is 97.4 Å². The Morgan fingerprint density at radius 1 is 1.20 bits per heavy atom. The average Bonchev–Trinajstić information content (AvgIpc) is 3.13. The minimum atomic E-state index is -0.329. The average molecular weight is 431 g/mol. The molecule has 9 heteroatoms. The Morgan fingerprint density at radius 3 is 2.53 bits per heavy atom. The number of thioether (sulfide) groups is 1. The molecule has 0 unspecified atom stereocenters. The second kappa shape index (κ2) is 9.97. The van der Waals surface area contributed by atoms with Crippen molar-refractivity contribution in [3.8, 4) is 11.4 Å². The van der Waals surface area contributed by atoms with Gasteiger partial charge in [-0.2, -0.15) is 0 Å². The summed E-state index contributed by atoms with van der Waals surface area (Å²) < 4.78 is 1.91. The van der Waals surface area contributed by atoms with E-state index >= 15 is 0 Å². The zero-order valence-corrected chi connectivity index (χ0v) is 18.7. The molecule has 2 amide bonds. The Hall–Kier alpha value is -2.55. The van der Waals surface area contributed by atoms with Crippen molar-refractivity contribution in [2.45, 2.75) is 31.8 Å². The third-order valence-corrected chi connectivity index (χ3v) is 6.60. The van der Waals surface area contributed by atoms with Crippen LogP contribution in [-0.2, 0) is 16.6 Å². The Labute approximate surface area is 181 Å². The number of amides is 2. The highest BCUT2D eigenvalue weighted by Gasteiger charge is 2.27. The van der Waals surface area contributed by atoms with Gasteiger partial charge in [0, 0.05) is 44.5 Å². The molecule has 0 saturated carbocycles. The molecule has 2 N–H and O–H groups in total. The Morgan fingerprint density at radius 2 is 1.90 bits per heavy atom. The van der Waals surface area contributed by atoms with E-state index < -0.39 is 0 Å². The Bertz CT molecular complexity index is 878. The van der Waals surface area contributed by atoms with E-state index in [9.17, 15) is 9.59 Å². The van der Waals surface area contributed by atoms with Gasteiger partial charge in [-0.3, -0.25) is 9.59 Å². The zero-order chi connectivity index (χ0) is 21.7. The number of aromatic nitrogens is 3. The van der Waals surface area contributed by atoms with Gasteiger partial charge in [0.25, 0.3) is 0 Å². The van der Waals surface area contributed by atoms with Crippen LogP contribution >= 0.6 is 11.8 Å². The molecule has 0 spiro atoms. The monoisotopic (exact) mass is 430 g/mol. The van der Waals surface area contributed by atoms with Crippen LogP contribution in [0.5, 0.6) is 0 Å². The molecule has 3 rings (SSSR count). The van der Waals surface area contributed by atoms with Crippen molar-refractivity contribution in [1.29, 1.82) is 0 Å². The van der Waals surface area contributed by atoms with Crippen molar-refractivity contribution >= 4 is 29.3 Å². The largest absolute Gasteiger partial charge is 0.372 e. The molecule has 2 aromatic rings. The summed E-state index contributed by atoms with van der Waals surface area (Å²) in [6.45, 7) is 7.30. The summed E-state index contributed by atoms with van der Waals surface area (Å²) in [6, 6.07) is 8.29. The maximum Gasteiger partial charge on any atom is 0.233 e. The predicted octanol–water partition coefficient (Wildman–Crippen LogP) is 2.14. The van der Waals surface area contributed by atoms with Gasteiger partial charge in [0.15, 0.2) is 11.0 Å². The van der Waals surface area contributed by atoms with E-state index in [0.717, 1.165) is 37.3 Å². The van der Waals surface area contributed by atoms with E-state index in [4.69, 9.17) is 5.73 Å². The summed E-state index contributed by atoms with van der Waals surface area (Å²) in [5, 5.41) is 9.27. The molecule has 0 radical (unpaired) electrons. The van der Waals surface area contributed by atoms with Crippen LogP contribution in [0, 0.1) is 5.92 Å². The van der Waals surface area contributed by atoms with Crippen LogP contribution in [0.1, 0.15) is 26.7 Å². The van der Waals surface area contributed by atoms with Crippen LogP contribution in [0.15, 0.2) is 29.4 Å². The molecule has 162 valence electrons. The Balaban J connectivity index is 1.63. The molecule has 1 aromatic heterocycles. The number of carbonyl (C=O) groups is 2. The summed E-state index contributed by atoms with van der Waals surface area (Å²) in [5.41, 5.74) is 7.58. The first-order chi connectivity index (χ1) is 14.4. The van der Waals surface area contributed by atoms with Crippen molar-refractivity contribution in [2.24, 2.45) is 18.7 Å². The molecule has 0 aliphatic carbocycles. The molecule has 30 heavy (non-hydrogen) atoms. The summed E-state index contributed by atoms with van der Waals surface area (Å²) >= 11 is 1.36. The minimum absolute atomic E-state index is 0.000856. The van der Waals surface area contributed by atoms with E-state index in [1.165, 1.54) is 17.4 Å². The number of benzene rings is 1. The lowest BCUT2D eigenvalue weighted by molar-refractivity contribution is -0.132. The molecule has 1 aliphatic heterocycles. The van der Waals surface area contributed by atoms with Crippen molar-refractivity contribution in [2.75, 3.05) is 36.8 Å². The second-order valence-electron chi connectivity index (χ2n) is 7.45. The first-order valence-electron chi connectivity index (χ1n) is 10.4. The highest BCUT2D eigenvalue weighted by Crippen LogP contribution is 2.26. The maximum absolute atomic E-state index is 12.6. The lowest BCUT2D eigenvalue weighted by Gasteiger charge is -2.31. The molecule has 1 aromatic carbocycles. The molecular formula is C21H30N6O2S. The standard InChI is InChI=1S/C21H30N6O2S/c1-4-26(5-2)17-10-8-15(9-11-17)20-23-24-21(25(20)3)30-14-18(28)27-12-6-7-16(13-27)19(22)29/h8-11,16H,4-7,12-14H2,1-3H3,(H2,22,29)/t16-/m1/s1. The molecular weight excluding hydrogens is 400 g/mol. The normalized spacial score (nSPS) is 16.5. The molecule has 1 aliphatic rings. The van der Waals surface area contributed by atoms with Crippen molar-refractivity contribution in [3.63, 3.8) is 0 Å². The number of piperidine rings is 1. The van der Waals surface area contributed by atoms with E-state index in [0.29, 0.717) is 18.2 Å². The van der Waals surface area contributed by atoms with Crippen LogP contribution < -0.4 is 10.6 Å². The fraction of sp³-hybridized carbons (Fsp3) is 0.524. The molecule has 8 nitrogen and oxygen atoms in total. The summed E-state index contributed by atoms with van der Waals surface area (Å²) in [5.74, 6) is 0.457. The van der Waals surface area contributed by atoms with Gasteiger partial charge in [-0.25, -0.2) is 0 Å². The van der Waals surface area contributed by atoms with Crippen LogP contribution in [0.3, 0.4) is 0 Å². The lowest BCUT2D eigenvalue weighted by Crippen LogP contribution is -2.44. The lowest BCUT2D eigenvalue weighted by atomic mass is 9.97. The number of hydrogen-bond acceptors (Lipinski definition) is 6. The molecule has 2 heterocycles. The molecule has 0 bridgehead atoms. The molecule has 1 fully saturated rings. The summed E-state index contributed by atoms with van der Waals surface area (Å²) in [6.07, 6.45) is 1.56. The van der Waals surface area contributed by atoms with Gasteiger partial charge in [-0.1, -0.05) is 11.8 Å². The quantitative estimate of drug-likeness (QED) is 0.645. The summed E-state index contributed by atoms with van der Waals surface area (Å²) in [7, 11) is 1.91. The third kappa shape index (κ3) is 4.95. The summed E-state index contributed by atoms with van der Waals surface area (Å²) in [4.78, 5) is 28.0. The maximum atomic E-state index is 12.6. The van der Waals surface area contributed by atoms with Crippen LogP contribution in [0.4, 0.5) is 5.69 Å². The van der Waals surface area contributed by atoms with E-state index in [-0.39, 0.29) is 23.5 Å². The van der Waals surface area contributed by atoms with Crippen LogP contribution in [0.25, 0.3) is 11.4 Å². The number of hydrogen-bond donors (Lipinski definition) is 1. The minimum Gasteiger partial charge on any atom is -0.372 e. The number of nitrogens with two attached hydrogens (primary N) is 1. The van der Waals surface area contributed by atoms with E-state index in [1.54, 1.807) is 4.90 Å². The number of anilines is 1. The van der Waals surface area contributed by atoms with Gasteiger partial charge in [-0.05, 0) is 51.0 Å². The van der Waals surface area contributed by atoms with Crippen molar-refractivity contribution in [3.05, 3.63) is 24.3 Å². The van der Waals surface area contributed by atoms with Gasteiger partial charge in [0.05, 0.1) is 11.7 Å².